The number of ether oxygens (including phenoxy) is 2. The molecular weight excluding hydrogens is 292 g/mol. The second kappa shape index (κ2) is 14.5. The molecule has 0 aliphatic heterocycles. The Morgan fingerprint density at radius 1 is 0.696 bits per heavy atom. The Morgan fingerprint density at radius 2 is 1.09 bits per heavy atom. The van der Waals surface area contributed by atoms with Crippen LogP contribution in [-0.2, 0) is 19.1 Å². The van der Waals surface area contributed by atoms with Crippen molar-refractivity contribution in [3.05, 3.63) is 0 Å². The Labute approximate surface area is 142 Å². The molecule has 2 unspecified atom stereocenters. The van der Waals surface area contributed by atoms with Gasteiger partial charge in [-0.05, 0) is 19.3 Å². The molecule has 4 nitrogen and oxygen atoms in total. The molecule has 0 heterocycles. The Balaban J connectivity index is 3.82. The fraction of sp³-hybridized carbons (Fsp3) is 0.895. The molecule has 0 rings (SSSR count). The van der Waals surface area contributed by atoms with Gasteiger partial charge in [0.25, 0.3) is 0 Å². The summed E-state index contributed by atoms with van der Waals surface area (Å²) in [5.74, 6) is -0.930. The van der Waals surface area contributed by atoms with Crippen LogP contribution in [0.15, 0.2) is 0 Å². The molecule has 0 aliphatic rings. The zero-order chi connectivity index (χ0) is 17.5. The van der Waals surface area contributed by atoms with Crippen LogP contribution < -0.4 is 0 Å². The van der Waals surface area contributed by atoms with Crippen molar-refractivity contribution in [1.29, 1.82) is 0 Å². The third-order valence-corrected chi connectivity index (χ3v) is 4.00. The lowest BCUT2D eigenvalue weighted by atomic mass is 9.97. The van der Waals surface area contributed by atoms with Crippen LogP contribution in [0.5, 0.6) is 0 Å². The van der Waals surface area contributed by atoms with Crippen LogP contribution in [0.25, 0.3) is 0 Å². The van der Waals surface area contributed by atoms with Crippen LogP contribution in [-0.4, -0.2) is 25.2 Å². The van der Waals surface area contributed by atoms with Gasteiger partial charge in [-0.3, -0.25) is 9.59 Å². The number of hydrogen-bond acceptors (Lipinski definition) is 4. The Kier molecular flexibility index (Phi) is 13.9. The zero-order valence-corrected chi connectivity index (χ0v) is 15.6. The standard InChI is InChI=1S/C19H36O4/c1-5-7-9-11-13-22-18(20)16(3)15-17(4)19(21)23-14-12-10-8-6-2/h16-17H,5-15H2,1-4H3. The van der Waals surface area contributed by atoms with Crippen molar-refractivity contribution in [3.8, 4) is 0 Å². The summed E-state index contributed by atoms with van der Waals surface area (Å²) in [6.45, 7) is 8.91. The summed E-state index contributed by atoms with van der Waals surface area (Å²) >= 11 is 0. The summed E-state index contributed by atoms with van der Waals surface area (Å²) in [6.07, 6.45) is 9.20. The van der Waals surface area contributed by atoms with Gasteiger partial charge in [0.1, 0.15) is 0 Å². The van der Waals surface area contributed by atoms with Crippen LogP contribution in [0.3, 0.4) is 0 Å². The summed E-state index contributed by atoms with van der Waals surface area (Å²) in [7, 11) is 0. The van der Waals surface area contributed by atoms with Crippen molar-refractivity contribution in [1.82, 2.24) is 0 Å². The molecule has 0 aromatic rings. The summed E-state index contributed by atoms with van der Waals surface area (Å²) in [4.78, 5) is 23.8. The van der Waals surface area contributed by atoms with Gasteiger partial charge < -0.3 is 9.47 Å². The molecule has 136 valence electrons. The molecule has 0 N–H and O–H groups in total. The van der Waals surface area contributed by atoms with Gasteiger partial charge in [0.15, 0.2) is 0 Å². The molecular formula is C19H36O4. The first-order chi connectivity index (χ1) is 11.0. The summed E-state index contributed by atoms with van der Waals surface area (Å²) in [6, 6.07) is 0. The summed E-state index contributed by atoms with van der Waals surface area (Å²) < 4.78 is 10.5. The van der Waals surface area contributed by atoms with Gasteiger partial charge in [0.05, 0.1) is 25.0 Å². The molecule has 2 atom stereocenters. The highest BCUT2D eigenvalue weighted by Crippen LogP contribution is 2.15. The van der Waals surface area contributed by atoms with Crippen molar-refractivity contribution < 1.29 is 19.1 Å². The summed E-state index contributed by atoms with van der Waals surface area (Å²) in [5.41, 5.74) is 0. The number of rotatable bonds is 14. The second-order valence-electron chi connectivity index (χ2n) is 6.49. The number of hydrogen-bond donors (Lipinski definition) is 0. The van der Waals surface area contributed by atoms with Crippen LogP contribution in [0.1, 0.15) is 85.5 Å². The molecule has 4 heteroatoms. The third-order valence-electron chi connectivity index (χ3n) is 4.00. The van der Waals surface area contributed by atoms with E-state index < -0.39 is 0 Å². The molecule has 0 bridgehead atoms. The van der Waals surface area contributed by atoms with Gasteiger partial charge in [-0.25, -0.2) is 0 Å². The maximum atomic E-state index is 11.9. The molecule has 0 saturated heterocycles. The molecule has 0 fully saturated rings. The normalized spacial score (nSPS) is 13.4. The highest BCUT2D eigenvalue weighted by molar-refractivity contribution is 5.75. The lowest BCUT2D eigenvalue weighted by Crippen LogP contribution is -2.23. The zero-order valence-electron chi connectivity index (χ0n) is 15.6. The number of esters is 2. The largest absolute Gasteiger partial charge is 0.465 e. The van der Waals surface area contributed by atoms with Gasteiger partial charge in [-0.15, -0.1) is 0 Å². The van der Waals surface area contributed by atoms with Gasteiger partial charge in [0.2, 0.25) is 0 Å². The fourth-order valence-corrected chi connectivity index (χ4v) is 2.41. The first-order valence-electron chi connectivity index (χ1n) is 9.36. The van der Waals surface area contributed by atoms with Gasteiger partial charge in [0, 0.05) is 0 Å². The second-order valence-corrected chi connectivity index (χ2v) is 6.49. The van der Waals surface area contributed by atoms with E-state index in [2.05, 4.69) is 13.8 Å². The predicted octanol–water partition coefficient (Wildman–Crippen LogP) is 4.90. The minimum atomic E-state index is -0.260. The van der Waals surface area contributed by atoms with Gasteiger partial charge in [-0.1, -0.05) is 66.2 Å². The maximum Gasteiger partial charge on any atom is 0.308 e. The van der Waals surface area contributed by atoms with Crippen LogP contribution >= 0.6 is 0 Å². The maximum absolute atomic E-state index is 11.9. The minimum Gasteiger partial charge on any atom is -0.465 e. The van der Waals surface area contributed by atoms with E-state index in [0.29, 0.717) is 19.6 Å². The Morgan fingerprint density at radius 3 is 1.43 bits per heavy atom. The van der Waals surface area contributed by atoms with E-state index in [1.807, 2.05) is 13.8 Å². The SMILES string of the molecule is CCCCCCOC(=O)C(C)CC(C)C(=O)OCCCCCC. The van der Waals surface area contributed by atoms with Gasteiger partial charge in [-0.2, -0.15) is 0 Å². The van der Waals surface area contributed by atoms with E-state index in [4.69, 9.17) is 9.47 Å². The molecule has 0 spiro atoms. The smallest absolute Gasteiger partial charge is 0.308 e. The van der Waals surface area contributed by atoms with E-state index in [1.54, 1.807) is 0 Å². The number of carbonyl (C=O) groups is 2. The molecule has 23 heavy (non-hydrogen) atoms. The topological polar surface area (TPSA) is 52.6 Å². The minimum absolute atomic E-state index is 0.205. The number of unbranched alkanes of at least 4 members (excludes halogenated alkanes) is 6. The van der Waals surface area contributed by atoms with Crippen molar-refractivity contribution in [2.24, 2.45) is 11.8 Å². The van der Waals surface area contributed by atoms with Crippen molar-refractivity contribution in [2.45, 2.75) is 85.5 Å². The van der Waals surface area contributed by atoms with Gasteiger partial charge >= 0.3 is 11.9 Å². The van der Waals surface area contributed by atoms with E-state index in [9.17, 15) is 9.59 Å². The van der Waals surface area contributed by atoms with E-state index in [0.717, 1.165) is 25.7 Å². The summed E-state index contributed by atoms with van der Waals surface area (Å²) in [5, 5.41) is 0. The molecule has 0 radical (unpaired) electrons. The van der Waals surface area contributed by atoms with E-state index in [-0.39, 0.29) is 23.8 Å². The van der Waals surface area contributed by atoms with E-state index in [1.165, 1.54) is 25.7 Å². The molecule has 0 aliphatic carbocycles. The molecule has 0 aromatic carbocycles. The lowest BCUT2D eigenvalue weighted by molar-refractivity contribution is -0.152. The third kappa shape index (κ3) is 12.1. The Hall–Kier alpha value is -1.06. The van der Waals surface area contributed by atoms with Crippen molar-refractivity contribution in [3.63, 3.8) is 0 Å². The first kappa shape index (κ1) is 21.9. The highest BCUT2D eigenvalue weighted by atomic mass is 16.5. The van der Waals surface area contributed by atoms with Crippen LogP contribution in [0.4, 0.5) is 0 Å². The average molecular weight is 328 g/mol. The highest BCUT2D eigenvalue weighted by Gasteiger charge is 2.22. The first-order valence-corrected chi connectivity index (χ1v) is 9.36. The van der Waals surface area contributed by atoms with E-state index >= 15 is 0 Å². The molecule has 0 aromatic heterocycles. The molecule has 0 saturated carbocycles. The average Bonchev–Trinajstić information content (AvgIpc) is 2.53. The van der Waals surface area contributed by atoms with Crippen LogP contribution in [0, 0.1) is 11.8 Å². The number of carbonyl (C=O) groups excluding carboxylic acids is 2. The van der Waals surface area contributed by atoms with Crippen molar-refractivity contribution in [2.75, 3.05) is 13.2 Å². The monoisotopic (exact) mass is 328 g/mol. The molecule has 0 amide bonds. The quantitative estimate of drug-likeness (QED) is 0.336. The van der Waals surface area contributed by atoms with Crippen LogP contribution in [0.2, 0.25) is 0 Å². The fourth-order valence-electron chi connectivity index (χ4n) is 2.41. The predicted molar refractivity (Wildman–Crippen MR) is 93.1 cm³/mol. The lowest BCUT2D eigenvalue weighted by Gasteiger charge is -2.16. The Bertz CT molecular complexity index is 284. The van der Waals surface area contributed by atoms with Crippen molar-refractivity contribution >= 4 is 11.9 Å².